The Morgan fingerprint density at radius 2 is 1.85 bits per heavy atom. The number of rotatable bonds is 9. The van der Waals surface area contributed by atoms with Crippen LogP contribution in [0.1, 0.15) is 40.0 Å². The van der Waals surface area contributed by atoms with Gasteiger partial charge in [-0.1, -0.05) is 0 Å². The topological polar surface area (TPSA) is 84.4 Å². The van der Waals surface area contributed by atoms with Gasteiger partial charge in [0.1, 0.15) is 5.60 Å². The molecule has 0 aromatic rings. The highest BCUT2D eigenvalue weighted by Crippen LogP contribution is 2.19. The van der Waals surface area contributed by atoms with E-state index in [4.69, 9.17) is 14.2 Å². The van der Waals surface area contributed by atoms with E-state index < -0.39 is 5.60 Å². The van der Waals surface area contributed by atoms with Gasteiger partial charge in [0.25, 0.3) is 0 Å². The molecule has 0 atom stereocenters. The molecule has 0 unspecified atom stereocenters. The molecule has 0 aromatic heterocycles. The number of aliphatic imine (C=N–C) groups is 1. The zero-order valence-electron chi connectivity index (χ0n) is 17.7. The summed E-state index contributed by atoms with van der Waals surface area (Å²) in [5.74, 6) is 1.33. The summed E-state index contributed by atoms with van der Waals surface area (Å²) < 4.78 is 15.8. The lowest BCUT2D eigenvalue weighted by molar-refractivity contribution is 0.0185. The summed E-state index contributed by atoms with van der Waals surface area (Å²) in [5.41, 5.74) is -0.442. The molecule has 1 heterocycles. The predicted molar refractivity (Wildman–Crippen MR) is 107 cm³/mol. The molecule has 1 fully saturated rings. The first-order chi connectivity index (χ1) is 12.9. The van der Waals surface area contributed by atoms with Crippen molar-refractivity contribution in [3.8, 4) is 0 Å². The standard InChI is InChI=1S/C19H38N4O4/c1-19(2,3)27-18(24)23-10-7-16(8-11-23)15-22-17(20-4)21-9-6-12-26-14-13-25-5/h16H,6-15H2,1-5H3,(H2,20,21,22). The first-order valence-corrected chi connectivity index (χ1v) is 9.85. The Morgan fingerprint density at radius 1 is 1.15 bits per heavy atom. The highest BCUT2D eigenvalue weighted by molar-refractivity contribution is 5.79. The number of nitrogens with one attached hydrogen (secondary N) is 2. The van der Waals surface area contributed by atoms with E-state index in [1.807, 2.05) is 20.8 Å². The number of amides is 1. The van der Waals surface area contributed by atoms with E-state index in [0.717, 1.165) is 51.4 Å². The fraction of sp³-hybridized carbons (Fsp3) is 0.895. The third-order valence-electron chi connectivity index (χ3n) is 4.24. The summed E-state index contributed by atoms with van der Waals surface area (Å²) in [6.07, 6.45) is 2.64. The van der Waals surface area contributed by atoms with Crippen molar-refractivity contribution >= 4 is 12.1 Å². The van der Waals surface area contributed by atoms with Gasteiger partial charge < -0.3 is 29.7 Å². The third-order valence-corrected chi connectivity index (χ3v) is 4.24. The van der Waals surface area contributed by atoms with Crippen molar-refractivity contribution in [2.75, 3.05) is 60.2 Å². The van der Waals surface area contributed by atoms with Crippen molar-refractivity contribution in [1.29, 1.82) is 0 Å². The van der Waals surface area contributed by atoms with Crippen molar-refractivity contribution in [2.45, 2.75) is 45.6 Å². The molecule has 0 aromatic carbocycles. The van der Waals surface area contributed by atoms with Crippen LogP contribution in [0.15, 0.2) is 4.99 Å². The number of guanidine groups is 1. The molecule has 1 rings (SSSR count). The summed E-state index contributed by atoms with van der Waals surface area (Å²) in [7, 11) is 3.44. The third kappa shape index (κ3) is 11.0. The van der Waals surface area contributed by atoms with Crippen LogP contribution in [-0.2, 0) is 14.2 Å². The van der Waals surface area contributed by atoms with E-state index in [1.54, 1.807) is 19.1 Å². The molecular formula is C19H38N4O4. The lowest BCUT2D eigenvalue weighted by Crippen LogP contribution is -2.45. The van der Waals surface area contributed by atoms with Crippen molar-refractivity contribution in [3.63, 3.8) is 0 Å². The Hall–Kier alpha value is -1.54. The normalized spacial score (nSPS) is 16.3. The first-order valence-electron chi connectivity index (χ1n) is 9.85. The molecule has 0 radical (unpaired) electrons. The van der Waals surface area contributed by atoms with E-state index >= 15 is 0 Å². The number of methoxy groups -OCH3 is 1. The molecule has 158 valence electrons. The quantitative estimate of drug-likeness (QED) is 0.357. The Balaban J connectivity index is 2.15. The van der Waals surface area contributed by atoms with Crippen LogP contribution in [-0.4, -0.2) is 82.7 Å². The molecule has 0 spiro atoms. The number of carbonyl (C=O) groups excluding carboxylic acids is 1. The number of nitrogens with zero attached hydrogens (tertiary/aromatic N) is 2. The molecule has 1 saturated heterocycles. The lowest BCUT2D eigenvalue weighted by Gasteiger charge is -2.33. The van der Waals surface area contributed by atoms with Crippen LogP contribution in [0.25, 0.3) is 0 Å². The summed E-state index contributed by atoms with van der Waals surface area (Å²) in [6, 6.07) is 0. The van der Waals surface area contributed by atoms with Gasteiger partial charge in [0.05, 0.1) is 13.2 Å². The largest absolute Gasteiger partial charge is 0.444 e. The summed E-state index contributed by atoms with van der Waals surface area (Å²) in [6.45, 7) is 10.8. The van der Waals surface area contributed by atoms with Gasteiger partial charge in [-0.3, -0.25) is 4.99 Å². The fourth-order valence-electron chi connectivity index (χ4n) is 2.73. The van der Waals surface area contributed by atoms with Gasteiger partial charge in [-0.05, 0) is 46.0 Å². The summed E-state index contributed by atoms with van der Waals surface area (Å²) in [4.78, 5) is 18.2. The predicted octanol–water partition coefficient (Wildman–Crippen LogP) is 1.85. The summed E-state index contributed by atoms with van der Waals surface area (Å²) in [5, 5.41) is 6.67. The number of ether oxygens (including phenoxy) is 3. The number of hydrogen-bond donors (Lipinski definition) is 2. The minimum absolute atomic E-state index is 0.209. The molecule has 0 bridgehead atoms. The number of carbonyl (C=O) groups is 1. The number of likely N-dealkylation sites (tertiary alicyclic amines) is 1. The van der Waals surface area contributed by atoms with Crippen LogP contribution in [0.4, 0.5) is 4.79 Å². The van der Waals surface area contributed by atoms with Crippen molar-refractivity contribution in [1.82, 2.24) is 15.5 Å². The van der Waals surface area contributed by atoms with Crippen LogP contribution < -0.4 is 10.6 Å². The van der Waals surface area contributed by atoms with E-state index in [9.17, 15) is 4.79 Å². The summed E-state index contributed by atoms with van der Waals surface area (Å²) >= 11 is 0. The molecule has 2 N–H and O–H groups in total. The Labute approximate surface area is 164 Å². The van der Waals surface area contributed by atoms with Gasteiger partial charge >= 0.3 is 6.09 Å². The first kappa shape index (κ1) is 23.5. The number of piperidine rings is 1. The Morgan fingerprint density at radius 3 is 2.44 bits per heavy atom. The monoisotopic (exact) mass is 386 g/mol. The SMILES string of the molecule is CN=C(NCCCOCCOC)NCC1CCN(C(=O)OC(C)(C)C)CC1. The maximum Gasteiger partial charge on any atom is 0.410 e. The van der Waals surface area contributed by atoms with E-state index in [2.05, 4.69) is 15.6 Å². The maximum atomic E-state index is 12.1. The van der Waals surface area contributed by atoms with Gasteiger partial charge in [0.2, 0.25) is 0 Å². The number of hydrogen-bond acceptors (Lipinski definition) is 5. The Bertz CT molecular complexity index is 443. The second-order valence-electron chi connectivity index (χ2n) is 7.75. The van der Waals surface area contributed by atoms with Crippen molar-refractivity contribution in [2.24, 2.45) is 10.9 Å². The van der Waals surface area contributed by atoms with Gasteiger partial charge in [0, 0.05) is 46.9 Å². The maximum absolute atomic E-state index is 12.1. The molecule has 1 amide bonds. The van der Waals surface area contributed by atoms with Crippen LogP contribution in [0.3, 0.4) is 0 Å². The van der Waals surface area contributed by atoms with Gasteiger partial charge in [-0.25, -0.2) is 4.79 Å². The molecule has 0 saturated carbocycles. The fourth-order valence-corrected chi connectivity index (χ4v) is 2.73. The minimum Gasteiger partial charge on any atom is -0.444 e. The van der Waals surface area contributed by atoms with Crippen LogP contribution in [0.2, 0.25) is 0 Å². The lowest BCUT2D eigenvalue weighted by atomic mass is 9.97. The molecule has 8 nitrogen and oxygen atoms in total. The van der Waals surface area contributed by atoms with Crippen LogP contribution in [0.5, 0.6) is 0 Å². The molecule has 27 heavy (non-hydrogen) atoms. The smallest absolute Gasteiger partial charge is 0.410 e. The zero-order valence-corrected chi connectivity index (χ0v) is 17.7. The van der Waals surface area contributed by atoms with Gasteiger partial charge in [-0.2, -0.15) is 0 Å². The van der Waals surface area contributed by atoms with Crippen LogP contribution >= 0.6 is 0 Å². The van der Waals surface area contributed by atoms with Gasteiger partial charge in [-0.15, -0.1) is 0 Å². The van der Waals surface area contributed by atoms with Crippen molar-refractivity contribution < 1.29 is 19.0 Å². The minimum atomic E-state index is -0.442. The molecule has 1 aliphatic rings. The van der Waals surface area contributed by atoms with E-state index in [0.29, 0.717) is 25.7 Å². The van der Waals surface area contributed by atoms with Gasteiger partial charge in [0.15, 0.2) is 5.96 Å². The molecule has 0 aliphatic carbocycles. The molecule has 1 aliphatic heterocycles. The second kappa shape index (κ2) is 12.8. The average molecular weight is 387 g/mol. The Kier molecular flexibility index (Phi) is 11.1. The average Bonchev–Trinajstić information content (AvgIpc) is 2.62. The van der Waals surface area contributed by atoms with E-state index in [-0.39, 0.29) is 6.09 Å². The van der Waals surface area contributed by atoms with E-state index in [1.165, 1.54) is 0 Å². The van der Waals surface area contributed by atoms with Crippen LogP contribution in [0, 0.1) is 5.92 Å². The zero-order chi connectivity index (χ0) is 20.1. The highest BCUT2D eigenvalue weighted by atomic mass is 16.6. The van der Waals surface area contributed by atoms with Crippen molar-refractivity contribution in [3.05, 3.63) is 0 Å². The molecular weight excluding hydrogens is 348 g/mol. The second-order valence-corrected chi connectivity index (χ2v) is 7.75. The molecule has 8 heteroatoms. The highest BCUT2D eigenvalue weighted by Gasteiger charge is 2.26.